The minimum atomic E-state index is -0.888. The van der Waals surface area contributed by atoms with Gasteiger partial charge >= 0.3 is 12.1 Å². The van der Waals surface area contributed by atoms with Gasteiger partial charge < -0.3 is 10.6 Å². The molecule has 25 heavy (non-hydrogen) atoms. The van der Waals surface area contributed by atoms with Gasteiger partial charge in [-0.05, 0) is 38.1 Å². The number of hydrogen-bond donors (Lipinski definition) is 4. The van der Waals surface area contributed by atoms with Crippen LogP contribution in [0.2, 0.25) is 5.02 Å². The van der Waals surface area contributed by atoms with E-state index in [0.717, 1.165) is 0 Å². The topological polar surface area (TPSA) is 96.9 Å². The molecule has 0 spiro atoms. The number of carbonyl (C=O) groups is 2. The molecule has 2 rings (SSSR count). The molecule has 4 amide bonds. The second-order valence-corrected chi connectivity index (χ2v) is 8.41. The Labute approximate surface area is 159 Å². The van der Waals surface area contributed by atoms with Crippen molar-refractivity contribution >= 4 is 57.7 Å². The molecule has 0 bridgehead atoms. The van der Waals surface area contributed by atoms with Crippen LogP contribution in [0.1, 0.15) is 13.8 Å². The van der Waals surface area contributed by atoms with Crippen LogP contribution in [-0.4, -0.2) is 49.6 Å². The molecule has 0 radical (unpaired) electrons. The maximum atomic E-state index is 12.3. The Morgan fingerprint density at radius 3 is 2.52 bits per heavy atom. The number of nitrogens with zero attached hydrogens (tertiary/aromatic N) is 2. The molecular weight excluding hydrogens is 386 g/mol. The van der Waals surface area contributed by atoms with Crippen LogP contribution in [0, 0.1) is 0 Å². The molecule has 0 unspecified atom stereocenters. The molecule has 1 aromatic rings. The quantitative estimate of drug-likeness (QED) is 0.352. The van der Waals surface area contributed by atoms with Gasteiger partial charge in [-0.1, -0.05) is 35.6 Å². The van der Waals surface area contributed by atoms with Gasteiger partial charge in [0.1, 0.15) is 0 Å². The Bertz CT molecular complexity index is 686. The van der Waals surface area contributed by atoms with Crippen LogP contribution in [0.3, 0.4) is 0 Å². The molecule has 4 N–H and O–H groups in total. The highest BCUT2D eigenvalue weighted by atomic mass is 35.5. The summed E-state index contributed by atoms with van der Waals surface area (Å²) in [5.41, 5.74) is 3.09. The number of thioether (sulfide) groups is 1. The number of anilines is 1. The first-order chi connectivity index (χ1) is 11.7. The molecular formula is C14H18ClN5O3S2. The van der Waals surface area contributed by atoms with Crippen LogP contribution in [-0.2, 0) is 0 Å². The highest BCUT2D eigenvalue weighted by Crippen LogP contribution is 2.41. The highest BCUT2D eigenvalue weighted by Gasteiger charge is 2.50. The number of benzene rings is 1. The summed E-state index contributed by atoms with van der Waals surface area (Å²) in [5, 5.41) is 17.5. The van der Waals surface area contributed by atoms with Crippen LogP contribution in [0.5, 0.6) is 0 Å². The normalized spacial score (nSPS) is 18.7. The first-order valence-corrected chi connectivity index (χ1v) is 8.81. The Kier molecular flexibility index (Phi) is 5.99. The fraction of sp³-hybridized carbons (Fsp3) is 0.357. The van der Waals surface area contributed by atoms with Crippen molar-refractivity contribution in [1.82, 2.24) is 20.8 Å². The molecule has 0 saturated carbocycles. The fourth-order valence-electron chi connectivity index (χ4n) is 2.28. The van der Waals surface area contributed by atoms with E-state index < -0.39 is 23.0 Å². The zero-order chi connectivity index (χ0) is 18.8. The van der Waals surface area contributed by atoms with Crippen LogP contribution < -0.4 is 16.1 Å². The zero-order valence-corrected chi connectivity index (χ0v) is 16.1. The Hall–Kier alpha value is -1.75. The Morgan fingerprint density at radius 2 is 1.96 bits per heavy atom. The summed E-state index contributed by atoms with van der Waals surface area (Å²) >= 11 is 12.3. The van der Waals surface area contributed by atoms with Gasteiger partial charge in [0, 0.05) is 17.8 Å². The van der Waals surface area contributed by atoms with Gasteiger partial charge in [0.25, 0.3) is 0 Å². The van der Waals surface area contributed by atoms with Gasteiger partial charge in [-0.2, -0.15) is 5.06 Å². The maximum absolute atomic E-state index is 12.3. The lowest BCUT2D eigenvalue weighted by Gasteiger charge is -2.36. The number of hydroxylamine groups is 2. The summed E-state index contributed by atoms with van der Waals surface area (Å²) in [6.45, 7) is 3.61. The third kappa shape index (κ3) is 4.46. The molecule has 11 heteroatoms. The van der Waals surface area contributed by atoms with Crippen LogP contribution in [0.15, 0.2) is 24.3 Å². The van der Waals surface area contributed by atoms with Crippen LogP contribution in [0.4, 0.5) is 15.3 Å². The molecule has 8 nitrogen and oxygen atoms in total. The van der Waals surface area contributed by atoms with E-state index >= 15 is 0 Å². The number of rotatable bonds is 3. The average molecular weight is 404 g/mol. The molecule has 0 aliphatic carbocycles. The molecule has 1 atom stereocenters. The second kappa shape index (κ2) is 7.65. The predicted octanol–water partition coefficient (Wildman–Crippen LogP) is 2.85. The van der Waals surface area contributed by atoms with Crippen molar-refractivity contribution in [2.24, 2.45) is 0 Å². The van der Waals surface area contributed by atoms with Crippen molar-refractivity contribution in [2.75, 3.05) is 12.4 Å². The fourth-order valence-corrected chi connectivity index (χ4v) is 4.20. The molecule has 1 aliphatic rings. The van der Waals surface area contributed by atoms with Gasteiger partial charge in [-0.15, -0.1) is 0 Å². The van der Waals surface area contributed by atoms with E-state index in [1.165, 1.54) is 23.8 Å². The minimum Gasteiger partial charge on any atom is -0.339 e. The van der Waals surface area contributed by atoms with Crippen molar-refractivity contribution in [3.63, 3.8) is 0 Å². The molecule has 136 valence electrons. The number of thiocarbonyl (C=S) groups is 1. The lowest BCUT2D eigenvalue weighted by atomic mass is 10.1. The lowest BCUT2D eigenvalue weighted by Crippen LogP contribution is -2.61. The van der Waals surface area contributed by atoms with E-state index in [1.807, 2.05) is 0 Å². The molecule has 1 saturated heterocycles. The molecule has 1 aliphatic heterocycles. The number of urea groups is 2. The van der Waals surface area contributed by atoms with E-state index in [2.05, 4.69) is 16.1 Å². The van der Waals surface area contributed by atoms with Crippen molar-refractivity contribution in [3.8, 4) is 0 Å². The van der Waals surface area contributed by atoms with E-state index in [4.69, 9.17) is 23.8 Å². The SMILES string of the molecule is CNC(=O)N(O)[C@@H]1N(NC(=O)Nc2ccc(Cl)cc2)C(=S)SC1(C)C. The van der Waals surface area contributed by atoms with Gasteiger partial charge in [0.2, 0.25) is 0 Å². The van der Waals surface area contributed by atoms with Gasteiger partial charge in [0.05, 0.1) is 4.75 Å². The van der Waals surface area contributed by atoms with Crippen LogP contribution >= 0.6 is 35.6 Å². The lowest BCUT2D eigenvalue weighted by molar-refractivity contribution is -0.123. The maximum Gasteiger partial charge on any atom is 0.343 e. The molecule has 0 aromatic heterocycles. The number of halogens is 1. The van der Waals surface area contributed by atoms with Gasteiger partial charge in [-0.3, -0.25) is 5.21 Å². The molecule has 1 aromatic carbocycles. The standard InChI is InChI=1S/C14H18ClN5O3S2/c1-14(2)10(20(23)12(22)16-3)19(13(24)25-14)18-11(21)17-9-6-4-8(15)5-7-9/h4-7,10,23H,1-3H3,(H,16,22)(H2,17,18,21)/t10-/m0/s1. The number of nitrogens with one attached hydrogen (secondary N) is 3. The second-order valence-electron chi connectivity index (χ2n) is 5.69. The van der Waals surface area contributed by atoms with Crippen molar-refractivity contribution < 1.29 is 14.8 Å². The third-order valence-corrected chi connectivity index (χ3v) is 5.20. The summed E-state index contributed by atoms with van der Waals surface area (Å²) in [4.78, 5) is 24.0. The predicted molar refractivity (Wildman–Crippen MR) is 102 cm³/mol. The summed E-state index contributed by atoms with van der Waals surface area (Å²) in [6, 6.07) is 5.28. The van der Waals surface area contributed by atoms with Crippen molar-refractivity contribution in [2.45, 2.75) is 24.8 Å². The zero-order valence-electron chi connectivity index (χ0n) is 13.7. The largest absolute Gasteiger partial charge is 0.343 e. The smallest absolute Gasteiger partial charge is 0.339 e. The number of hydrazine groups is 1. The van der Waals surface area contributed by atoms with Gasteiger partial charge in [-0.25, -0.2) is 20.0 Å². The summed E-state index contributed by atoms with van der Waals surface area (Å²) in [6.07, 6.45) is -0.888. The first kappa shape index (κ1) is 19.6. The molecule has 1 heterocycles. The van der Waals surface area contributed by atoms with E-state index in [0.29, 0.717) is 20.1 Å². The first-order valence-electron chi connectivity index (χ1n) is 7.21. The minimum absolute atomic E-state index is 0.323. The average Bonchev–Trinajstić information content (AvgIpc) is 2.76. The number of hydrogen-bond acceptors (Lipinski definition) is 5. The number of carbonyl (C=O) groups excluding carboxylic acids is 2. The van der Waals surface area contributed by atoms with E-state index in [9.17, 15) is 14.8 Å². The highest BCUT2D eigenvalue weighted by molar-refractivity contribution is 8.24. The Morgan fingerprint density at radius 1 is 1.36 bits per heavy atom. The van der Waals surface area contributed by atoms with E-state index in [-0.39, 0.29) is 0 Å². The van der Waals surface area contributed by atoms with Crippen LogP contribution in [0.25, 0.3) is 0 Å². The molecule has 1 fully saturated rings. The summed E-state index contributed by atoms with van der Waals surface area (Å²) in [7, 11) is 1.39. The van der Waals surface area contributed by atoms with Crippen molar-refractivity contribution in [1.29, 1.82) is 0 Å². The van der Waals surface area contributed by atoms with E-state index in [1.54, 1.807) is 38.1 Å². The van der Waals surface area contributed by atoms with Gasteiger partial charge in [0.15, 0.2) is 10.5 Å². The Balaban J connectivity index is 2.14. The summed E-state index contributed by atoms with van der Waals surface area (Å²) in [5.74, 6) is 0. The number of amides is 4. The summed E-state index contributed by atoms with van der Waals surface area (Å²) < 4.78 is -0.324. The van der Waals surface area contributed by atoms with Crippen molar-refractivity contribution in [3.05, 3.63) is 29.3 Å². The third-order valence-electron chi connectivity index (χ3n) is 3.39. The monoisotopic (exact) mass is 403 g/mol.